The standard InChI is InChI=1S/C23H26N4O3/c1-26-12-17(18-11-24-27(2)13-18)9-20(23(26)28)25-19-6-3-15(4-7-19)16-5-8-21-22(10-16)30-14-29-21/h5,8-13,15,19,25H,3-4,6-7,14H2,1-2H3/t15-,19+. The van der Waals surface area contributed by atoms with E-state index < -0.39 is 0 Å². The number of benzene rings is 1. The van der Waals surface area contributed by atoms with Crippen LogP contribution in [0, 0.1) is 0 Å². The van der Waals surface area contributed by atoms with Crippen molar-refractivity contribution in [2.75, 3.05) is 12.1 Å². The smallest absolute Gasteiger partial charge is 0.273 e. The Morgan fingerprint density at radius 1 is 1.00 bits per heavy atom. The van der Waals surface area contributed by atoms with Crippen LogP contribution in [-0.2, 0) is 14.1 Å². The highest BCUT2D eigenvalue weighted by atomic mass is 16.7. The zero-order valence-electron chi connectivity index (χ0n) is 17.3. The van der Waals surface area contributed by atoms with E-state index in [1.54, 1.807) is 16.3 Å². The summed E-state index contributed by atoms with van der Waals surface area (Å²) in [4.78, 5) is 12.7. The molecule has 1 aromatic carbocycles. The van der Waals surface area contributed by atoms with E-state index in [2.05, 4.69) is 22.5 Å². The number of anilines is 1. The Bertz CT molecular complexity index is 1130. The number of ether oxygens (including phenoxy) is 2. The molecule has 5 rings (SSSR count). The van der Waals surface area contributed by atoms with Gasteiger partial charge in [0.05, 0.1) is 6.20 Å². The van der Waals surface area contributed by atoms with Crippen LogP contribution in [0.1, 0.15) is 37.2 Å². The summed E-state index contributed by atoms with van der Waals surface area (Å²) in [5.74, 6) is 2.20. The van der Waals surface area contributed by atoms with Gasteiger partial charge >= 0.3 is 0 Å². The molecule has 0 saturated heterocycles. The van der Waals surface area contributed by atoms with Gasteiger partial charge in [0.1, 0.15) is 5.69 Å². The summed E-state index contributed by atoms with van der Waals surface area (Å²) < 4.78 is 14.4. The number of aromatic nitrogens is 3. The summed E-state index contributed by atoms with van der Waals surface area (Å²) in [7, 11) is 3.69. The fraction of sp³-hybridized carbons (Fsp3) is 0.391. The van der Waals surface area contributed by atoms with Gasteiger partial charge in [-0.2, -0.15) is 5.10 Å². The molecule has 7 nitrogen and oxygen atoms in total. The van der Waals surface area contributed by atoms with Crippen LogP contribution in [0.4, 0.5) is 5.69 Å². The molecular weight excluding hydrogens is 380 g/mol. The van der Waals surface area contributed by atoms with Crippen molar-refractivity contribution in [1.29, 1.82) is 0 Å². The molecule has 0 amide bonds. The van der Waals surface area contributed by atoms with Gasteiger partial charge < -0.3 is 19.4 Å². The fourth-order valence-corrected chi connectivity index (χ4v) is 4.50. The second-order valence-electron chi connectivity index (χ2n) is 8.27. The molecule has 0 spiro atoms. The molecule has 1 N–H and O–H groups in total. The van der Waals surface area contributed by atoms with Crippen molar-refractivity contribution in [1.82, 2.24) is 14.3 Å². The highest BCUT2D eigenvalue weighted by Crippen LogP contribution is 2.39. The Labute approximate surface area is 175 Å². The summed E-state index contributed by atoms with van der Waals surface area (Å²) >= 11 is 0. The average Bonchev–Trinajstić information content (AvgIpc) is 3.40. The molecule has 30 heavy (non-hydrogen) atoms. The van der Waals surface area contributed by atoms with Crippen LogP contribution in [0.2, 0.25) is 0 Å². The van der Waals surface area contributed by atoms with Crippen LogP contribution >= 0.6 is 0 Å². The number of rotatable bonds is 4. The van der Waals surface area contributed by atoms with Gasteiger partial charge in [0.25, 0.3) is 5.56 Å². The maximum Gasteiger partial charge on any atom is 0.273 e. The van der Waals surface area contributed by atoms with E-state index in [-0.39, 0.29) is 5.56 Å². The van der Waals surface area contributed by atoms with Crippen molar-refractivity contribution in [3.63, 3.8) is 0 Å². The Kier molecular flexibility index (Phi) is 4.73. The Morgan fingerprint density at radius 2 is 1.80 bits per heavy atom. The van der Waals surface area contributed by atoms with Crippen LogP contribution in [0.3, 0.4) is 0 Å². The number of nitrogens with zero attached hydrogens (tertiary/aromatic N) is 3. The Hall–Kier alpha value is -3.22. The third-order valence-corrected chi connectivity index (χ3v) is 6.18. The largest absolute Gasteiger partial charge is 0.454 e. The minimum atomic E-state index is 0.000495. The molecule has 7 heteroatoms. The van der Waals surface area contributed by atoms with Crippen molar-refractivity contribution in [3.05, 3.63) is 58.8 Å². The number of nitrogens with one attached hydrogen (secondary N) is 1. The number of pyridine rings is 1. The van der Waals surface area contributed by atoms with Gasteiger partial charge in [0.2, 0.25) is 6.79 Å². The lowest BCUT2D eigenvalue weighted by Crippen LogP contribution is -2.30. The predicted molar refractivity (Wildman–Crippen MR) is 115 cm³/mol. The van der Waals surface area contributed by atoms with Crippen molar-refractivity contribution in [2.45, 2.75) is 37.6 Å². The van der Waals surface area contributed by atoms with Crippen LogP contribution in [0.15, 0.2) is 47.7 Å². The van der Waals surface area contributed by atoms with E-state index in [4.69, 9.17) is 9.47 Å². The lowest BCUT2D eigenvalue weighted by Gasteiger charge is -2.30. The molecule has 3 aromatic rings. The normalized spacial score (nSPS) is 20.3. The lowest BCUT2D eigenvalue weighted by molar-refractivity contribution is 0.174. The van der Waals surface area contributed by atoms with Gasteiger partial charge in [-0.3, -0.25) is 9.48 Å². The topological polar surface area (TPSA) is 70.3 Å². The molecule has 0 unspecified atom stereocenters. The quantitative estimate of drug-likeness (QED) is 0.716. The molecule has 2 aliphatic rings. The minimum Gasteiger partial charge on any atom is -0.454 e. The van der Waals surface area contributed by atoms with Crippen molar-refractivity contribution < 1.29 is 9.47 Å². The first-order chi connectivity index (χ1) is 14.6. The van der Waals surface area contributed by atoms with Gasteiger partial charge in [0, 0.05) is 43.7 Å². The number of hydrogen-bond acceptors (Lipinski definition) is 5. The monoisotopic (exact) mass is 406 g/mol. The van der Waals surface area contributed by atoms with Crippen LogP contribution in [0.5, 0.6) is 11.5 Å². The summed E-state index contributed by atoms with van der Waals surface area (Å²) in [6.07, 6.45) is 9.86. The van der Waals surface area contributed by atoms with Crippen LogP contribution in [0.25, 0.3) is 11.1 Å². The number of hydrogen-bond donors (Lipinski definition) is 1. The molecule has 3 heterocycles. The van der Waals surface area contributed by atoms with Crippen molar-refractivity contribution in [3.8, 4) is 22.6 Å². The summed E-state index contributed by atoms with van der Waals surface area (Å²) in [5.41, 5.74) is 3.96. The molecule has 0 atom stereocenters. The molecule has 1 aliphatic heterocycles. The SMILES string of the molecule is Cn1cc(-c2cc(N[C@H]3CC[C@@H](c4ccc5c(c4)OCO5)CC3)c(=O)n(C)c2)cn1. The van der Waals surface area contributed by atoms with Crippen molar-refractivity contribution in [2.24, 2.45) is 14.1 Å². The summed E-state index contributed by atoms with van der Waals surface area (Å²) in [5, 5.41) is 7.76. The molecule has 156 valence electrons. The molecule has 0 bridgehead atoms. The van der Waals surface area contributed by atoms with E-state index in [9.17, 15) is 4.79 Å². The van der Waals surface area contributed by atoms with Crippen LogP contribution < -0.4 is 20.3 Å². The van der Waals surface area contributed by atoms with Gasteiger partial charge in [-0.05, 0) is 55.4 Å². The first-order valence-electron chi connectivity index (χ1n) is 10.4. The fourth-order valence-electron chi connectivity index (χ4n) is 4.50. The van der Waals surface area contributed by atoms with E-state index in [1.807, 2.05) is 37.8 Å². The van der Waals surface area contributed by atoms with Gasteiger partial charge in [-0.25, -0.2) is 0 Å². The number of aryl methyl sites for hydroxylation is 2. The second-order valence-corrected chi connectivity index (χ2v) is 8.27. The minimum absolute atomic E-state index is 0.000495. The lowest BCUT2D eigenvalue weighted by atomic mass is 9.81. The zero-order chi connectivity index (χ0) is 20.7. The zero-order valence-corrected chi connectivity index (χ0v) is 17.3. The predicted octanol–water partition coefficient (Wildman–Crippen LogP) is 3.65. The Morgan fingerprint density at radius 3 is 2.57 bits per heavy atom. The summed E-state index contributed by atoms with van der Waals surface area (Å²) in [6, 6.07) is 8.53. The molecular formula is C23H26N4O3. The second kappa shape index (κ2) is 7.55. The Balaban J connectivity index is 1.28. The van der Waals surface area contributed by atoms with Crippen LogP contribution in [-0.4, -0.2) is 27.2 Å². The first kappa shape index (κ1) is 18.8. The molecule has 1 fully saturated rings. The first-order valence-corrected chi connectivity index (χ1v) is 10.4. The van der Waals surface area contributed by atoms with E-state index >= 15 is 0 Å². The highest BCUT2D eigenvalue weighted by molar-refractivity contribution is 5.65. The third kappa shape index (κ3) is 3.56. The maximum absolute atomic E-state index is 12.7. The summed E-state index contributed by atoms with van der Waals surface area (Å²) in [6.45, 7) is 0.308. The van der Waals surface area contributed by atoms with Crippen molar-refractivity contribution >= 4 is 5.69 Å². The third-order valence-electron chi connectivity index (χ3n) is 6.18. The van der Waals surface area contributed by atoms with E-state index in [1.165, 1.54) is 5.56 Å². The number of fused-ring (bicyclic) bond motifs is 1. The van der Waals surface area contributed by atoms with E-state index in [0.717, 1.165) is 48.3 Å². The molecule has 0 radical (unpaired) electrons. The van der Waals surface area contributed by atoms with E-state index in [0.29, 0.717) is 24.4 Å². The van der Waals surface area contributed by atoms with Gasteiger partial charge in [-0.15, -0.1) is 0 Å². The molecule has 2 aromatic heterocycles. The van der Waals surface area contributed by atoms with Gasteiger partial charge in [-0.1, -0.05) is 6.07 Å². The molecule has 1 saturated carbocycles. The van der Waals surface area contributed by atoms with Gasteiger partial charge in [0.15, 0.2) is 11.5 Å². The maximum atomic E-state index is 12.7. The molecule has 1 aliphatic carbocycles. The highest BCUT2D eigenvalue weighted by Gasteiger charge is 2.25. The average molecular weight is 406 g/mol.